The summed E-state index contributed by atoms with van der Waals surface area (Å²) in [4.78, 5) is 19.9. The second-order valence-corrected chi connectivity index (χ2v) is 4.61. The van der Waals surface area contributed by atoms with Crippen LogP contribution in [0.2, 0.25) is 0 Å². The van der Waals surface area contributed by atoms with Gasteiger partial charge in [0.15, 0.2) is 0 Å². The summed E-state index contributed by atoms with van der Waals surface area (Å²) in [5.41, 5.74) is 0.569. The number of carbonyl (C=O) groups is 1. The molecule has 2 aromatic rings. The lowest BCUT2D eigenvalue weighted by Gasteiger charge is -2.05. The van der Waals surface area contributed by atoms with Gasteiger partial charge in [-0.2, -0.15) is 11.8 Å². The van der Waals surface area contributed by atoms with Crippen LogP contribution in [0.5, 0.6) is 0 Å². The number of hydrogen-bond acceptors (Lipinski definition) is 4. The van der Waals surface area contributed by atoms with Crippen LogP contribution in [0.15, 0.2) is 37.1 Å². The van der Waals surface area contributed by atoms with Crippen LogP contribution in [-0.2, 0) is 0 Å². The predicted molar refractivity (Wildman–Crippen MR) is 72.1 cm³/mol. The van der Waals surface area contributed by atoms with Crippen molar-refractivity contribution in [3.63, 3.8) is 0 Å². The molecule has 1 N–H and O–H groups in total. The topological polar surface area (TPSA) is 59.8 Å². The largest absolute Gasteiger partial charge is 0.351 e. The molecule has 6 heteroatoms. The molecule has 2 rings (SSSR count). The molecule has 2 heterocycles. The summed E-state index contributed by atoms with van der Waals surface area (Å²) in [5, 5.41) is 2.84. The molecule has 0 unspecified atom stereocenters. The lowest BCUT2D eigenvalue weighted by atomic mass is 10.2. The molecule has 2 aromatic heterocycles. The fourth-order valence-electron chi connectivity index (χ4n) is 1.44. The van der Waals surface area contributed by atoms with Crippen LogP contribution in [0.25, 0.3) is 5.82 Å². The third-order valence-corrected chi connectivity index (χ3v) is 2.98. The Balaban J connectivity index is 2.01. The van der Waals surface area contributed by atoms with Crippen molar-refractivity contribution in [2.75, 3.05) is 18.6 Å². The molecule has 18 heavy (non-hydrogen) atoms. The van der Waals surface area contributed by atoms with Gasteiger partial charge in [-0.25, -0.2) is 9.97 Å². The van der Waals surface area contributed by atoms with Crippen molar-refractivity contribution in [2.45, 2.75) is 0 Å². The first kappa shape index (κ1) is 12.6. The zero-order valence-corrected chi connectivity index (χ0v) is 10.9. The molecule has 94 valence electrons. The molecule has 0 aromatic carbocycles. The van der Waals surface area contributed by atoms with E-state index in [0.29, 0.717) is 12.1 Å². The highest BCUT2D eigenvalue weighted by atomic mass is 32.2. The highest BCUT2D eigenvalue weighted by Gasteiger charge is 2.05. The van der Waals surface area contributed by atoms with Crippen molar-refractivity contribution in [2.24, 2.45) is 0 Å². The van der Waals surface area contributed by atoms with Crippen LogP contribution in [0.3, 0.4) is 0 Å². The SMILES string of the molecule is CSCCNC(=O)c1ccc(-n2ccnc2)nc1. The Hall–Kier alpha value is -1.82. The molecule has 0 spiro atoms. The van der Waals surface area contributed by atoms with Gasteiger partial charge < -0.3 is 5.32 Å². The van der Waals surface area contributed by atoms with Gasteiger partial charge >= 0.3 is 0 Å². The molecule has 0 aliphatic carbocycles. The Labute approximate surface area is 110 Å². The smallest absolute Gasteiger partial charge is 0.252 e. The number of carbonyl (C=O) groups excluding carboxylic acids is 1. The molecule has 0 saturated heterocycles. The maximum atomic E-state index is 11.7. The van der Waals surface area contributed by atoms with Crippen LogP contribution in [0.4, 0.5) is 0 Å². The summed E-state index contributed by atoms with van der Waals surface area (Å²) >= 11 is 1.70. The quantitative estimate of drug-likeness (QED) is 0.827. The lowest BCUT2D eigenvalue weighted by molar-refractivity contribution is 0.0956. The van der Waals surface area contributed by atoms with E-state index in [1.165, 1.54) is 0 Å². The van der Waals surface area contributed by atoms with Gasteiger partial charge in [-0.15, -0.1) is 0 Å². The summed E-state index contributed by atoms with van der Waals surface area (Å²) < 4.78 is 1.79. The van der Waals surface area contributed by atoms with Crippen molar-refractivity contribution >= 4 is 17.7 Å². The summed E-state index contributed by atoms with van der Waals surface area (Å²) in [7, 11) is 0. The standard InChI is InChI=1S/C12H14N4OS/c1-18-7-5-14-12(17)10-2-3-11(15-8-10)16-6-4-13-9-16/h2-4,6,8-9H,5,7H2,1H3,(H,14,17). The normalized spacial score (nSPS) is 10.3. The van der Waals surface area contributed by atoms with Crippen molar-refractivity contribution < 1.29 is 4.79 Å². The minimum atomic E-state index is -0.0891. The van der Waals surface area contributed by atoms with E-state index in [1.807, 2.05) is 6.26 Å². The third-order valence-electron chi connectivity index (χ3n) is 2.37. The molecule has 0 atom stereocenters. The van der Waals surface area contributed by atoms with E-state index in [0.717, 1.165) is 11.6 Å². The van der Waals surface area contributed by atoms with E-state index in [4.69, 9.17) is 0 Å². The monoisotopic (exact) mass is 262 g/mol. The number of amides is 1. The van der Waals surface area contributed by atoms with E-state index in [-0.39, 0.29) is 5.91 Å². The van der Waals surface area contributed by atoms with Gasteiger partial charge in [0.1, 0.15) is 12.1 Å². The highest BCUT2D eigenvalue weighted by molar-refractivity contribution is 7.98. The van der Waals surface area contributed by atoms with Gasteiger partial charge in [-0.3, -0.25) is 9.36 Å². The highest BCUT2D eigenvalue weighted by Crippen LogP contribution is 2.05. The van der Waals surface area contributed by atoms with Crippen LogP contribution < -0.4 is 5.32 Å². The van der Waals surface area contributed by atoms with Crippen LogP contribution in [-0.4, -0.2) is 39.0 Å². The fourth-order valence-corrected chi connectivity index (χ4v) is 1.74. The molecular formula is C12H14N4OS. The summed E-state index contributed by atoms with van der Waals surface area (Å²) in [6.45, 7) is 0.670. The fraction of sp³-hybridized carbons (Fsp3) is 0.250. The van der Waals surface area contributed by atoms with Gasteiger partial charge in [0.25, 0.3) is 5.91 Å². The van der Waals surface area contributed by atoms with E-state index < -0.39 is 0 Å². The van der Waals surface area contributed by atoms with E-state index in [9.17, 15) is 4.79 Å². The van der Waals surface area contributed by atoms with Gasteiger partial charge in [-0.1, -0.05) is 0 Å². The number of imidazole rings is 1. The van der Waals surface area contributed by atoms with Crippen molar-refractivity contribution in [3.8, 4) is 5.82 Å². The number of nitrogens with zero attached hydrogens (tertiary/aromatic N) is 3. The molecule has 0 aliphatic rings. The average molecular weight is 262 g/mol. The van der Waals surface area contributed by atoms with Gasteiger partial charge in [-0.05, 0) is 18.4 Å². The second kappa shape index (κ2) is 6.20. The summed E-state index contributed by atoms with van der Waals surface area (Å²) in [6, 6.07) is 3.56. The molecule has 0 saturated carbocycles. The van der Waals surface area contributed by atoms with Gasteiger partial charge in [0.2, 0.25) is 0 Å². The maximum Gasteiger partial charge on any atom is 0.252 e. The number of rotatable bonds is 5. The molecule has 0 aliphatic heterocycles. The Bertz CT molecular complexity index is 495. The Kier molecular flexibility index (Phi) is 4.35. The lowest BCUT2D eigenvalue weighted by Crippen LogP contribution is -2.25. The number of pyridine rings is 1. The number of nitrogens with one attached hydrogen (secondary N) is 1. The predicted octanol–water partition coefficient (Wildman–Crippen LogP) is 1.36. The first-order valence-electron chi connectivity index (χ1n) is 5.53. The Morgan fingerprint density at radius 1 is 1.50 bits per heavy atom. The second-order valence-electron chi connectivity index (χ2n) is 3.62. The summed E-state index contributed by atoms with van der Waals surface area (Å²) in [5.74, 6) is 1.56. The molecule has 0 fully saturated rings. The number of thioether (sulfide) groups is 1. The first-order chi connectivity index (χ1) is 8.81. The Morgan fingerprint density at radius 2 is 2.39 bits per heavy atom. The van der Waals surface area contributed by atoms with Gasteiger partial charge in [0, 0.05) is 30.9 Å². The zero-order valence-electron chi connectivity index (χ0n) is 10.0. The first-order valence-corrected chi connectivity index (χ1v) is 6.92. The summed E-state index contributed by atoms with van der Waals surface area (Å²) in [6.07, 6.45) is 8.74. The number of aromatic nitrogens is 3. The maximum absolute atomic E-state index is 11.7. The zero-order chi connectivity index (χ0) is 12.8. The van der Waals surface area contributed by atoms with Crippen LogP contribution in [0, 0.1) is 0 Å². The number of hydrogen-bond donors (Lipinski definition) is 1. The van der Waals surface area contributed by atoms with E-state index in [2.05, 4.69) is 15.3 Å². The van der Waals surface area contributed by atoms with E-state index >= 15 is 0 Å². The molecular weight excluding hydrogens is 248 g/mol. The molecule has 5 nitrogen and oxygen atoms in total. The molecule has 1 amide bonds. The van der Waals surface area contributed by atoms with Crippen molar-refractivity contribution in [1.82, 2.24) is 19.9 Å². The Morgan fingerprint density at radius 3 is 3.00 bits per heavy atom. The third kappa shape index (κ3) is 3.10. The molecule has 0 bridgehead atoms. The van der Waals surface area contributed by atoms with Crippen LogP contribution in [0.1, 0.15) is 10.4 Å². The minimum Gasteiger partial charge on any atom is -0.351 e. The average Bonchev–Trinajstić information content (AvgIpc) is 2.93. The van der Waals surface area contributed by atoms with Crippen molar-refractivity contribution in [3.05, 3.63) is 42.6 Å². The molecule has 0 radical (unpaired) electrons. The minimum absolute atomic E-state index is 0.0891. The van der Waals surface area contributed by atoms with Gasteiger partial charge in [0.05, 0.1) is 5.56 Å². The van der Waals surface area contributed by atoms with E-state index in [1.54, 1.807) is 53.4 Å². The van der Waals surface area contributed by atoms with Crippen molar-refractivity contribution in [1.29, 1.82) is 0 Å². The van der Waals surface area contributed by atoms with Crippen LogP contribution >= 0.6 is 11.8 Å².